The average Bonchev–Trinajstić information content (AvgIpc) is 3.13. The highest BCUT2D eigenvalue weighted by molar-refractivity contribution is 5.80. The van der Waals surface area contributed by atoms with Crippen molar-refractivity contribution in [3.05, 3.63) is 42.7 Å². The van der Waals surface area contributed by atoms with Crippen LogP contribution >= 0.6 is 0 Å². The van der Waals surface area contributed by atoms with Crippen LogP contribution in [0.5, 0.6) is 0 Å². The van der Waals surface area contributed by atoms with Gasteiger partial charge in [0.15, 0.2) is 0 Å². The molecular weight excluding hydrogens is 306 g/mol. The minimum atomic E-state index is -0.0631. The molecule has 7 nitrogen and oxygen atoms in total. The fourth-order valence-electron chi connectivity index (χ4n) is 2.61. The molecule has 2 rings (SSSR count). The van der Waals surface area contributed by atoms with Crippen LogP contribution in [0.3, 0.4) is 0 Å². The molecule has 0 unspecified atom stereocenters. The lowest BCUT2D eigenvalue weighted by molar-refractivity contribution is -0.120. The smallest absolute Gasteiger partial charge is 0.239 e. The molecule has 0 saturated heterocycles. The van der Waals surface area contributed by atoms with Crippen LogP contribution < -0.4 is 10.2 Å². The lowest BCUT2D eigenvalue weighted by atomic mass is 10.2. The van der Waals surface area contributed by atoms with Gasteiger partial charge in [0.05, 0.1) is 25.0 Å². The summed E-state index contributed by atoms with van der Waals surface area (Å²) in [6.45, 7) is 6.70. The number of likely N-dealkylation sites (N-methyl/N-ethyl adjacent to an activating group) is 2. The number of anilines is 1. The number of rotatable bonds is 9. The Labute approximate surface area is 142 Å². The second kappa shape index (κ2) is 9.02. The molecule has 1 amide bonds. The zero-order chi connectivity index (χ0) is 17.4. The van der Waals surface area contributed by atoms with Gasteiger partial charge in [-0.25, -0.2) is 4.98 Å². The number of furan rings is 1. The van der Waals surface area contributed by atoms with Crippen LogP contribution in [0.25, 0.3) is 0 Å². The summed E-state index contributed by atoms with van der Waals surface area (Å²) in [6, 6.07) is 3.84. The Bertz CT molecular complexity index is 599. The summed E-state index contributed by atoms with van der Waals surface area (Å²) in [5, 5.41) is 2.99. The second-order valence-electron chi connectivity index (χ2n) is 5.48. The molecule has 0 bridgehead atoms. The van der Waals surface area contributed by atoms with Gasteiger partial charge in [-0.05, 0) is 25.2 Å². The van der Waals surface area contributed by atoms with E-state index in [9.17, 15) is 4.79 Å². The third-order valence-electron chi connectivity index (χ3n) is 3.94. The van der Waals surface area contributed by atoms with Crippen LogP contribution in [-0.4, -0.2) is 54.0 Å². The van der Waals surface area contributed by atoms with E-state index in [1.807, 2.05) is 19.2 Å². The maximum absolute atomic E-state index is 12.2. The molecule has 0 aromatic carbocycles. The zero-order valence-electron chi connectivity index (χ0n) is 14.5. The van der Waals surface area contributed by atoms with E-state index in [0.29, 0.717) is 12.4 Å². The van der Waals surface area contributed by atoms with Crippen LogP contribution in [0.2, 0.25) is 0 Å². The van der Waals surface area contributed by atoms with Gasteiger partial charge in [-0.1, -0.05) is 13.8 Å². The lowest BCUT2D eigenvalue weighted by Crippen LogP contribution is -2.41. The quantitative estimate of drug-likeness (QED) is 0.754. The minimum absolute atomic E-state index is 0.0285. The van der Waals surface area contributed by atoms with E-state index >= 15 is 0 Å². The molecule has 24 heavy (non-hydrogen) atoms. The van der Waals surface area contributed by atoms with E-state index in [1.54, 1.807) is 29.8 Å². The van der Waals surface area contributed by atoms with Gasteiger partial charge < -0.3 is 14.6 Å². The fraction of sp³-hybridized carbons (Fsp3) is 0.471. The Morgan fingerprint density at radius 2 is 2.12 bits per heavy atom. The molecule has 0 fully saturated rings. The topological polar surface area (TPSA) is 74.5 Å². The molecule has 7 heteroatoms. The van der Waals surface area contributed by atoms with E-state index in [4.69, 9.17) is 4.42 Å². The van der Waals surface area contributed by atoms with Crippen molar-refractivity contribution in [2.75, 3.05) is 38.1 Å². The van der Waals surface area contributed by atoms with E-state index in [-0.39, 0.29) is 18.5 Å². The van der Waals surface area contributed by atoms with Crippen LogP contribution in [-0.2, 0) is 4.79 Å². The number of nitrogens with zero attached hydrogens (tertiary/aromatic N) is 4. The molecule has 0 saturated carbocycles. The standard InChI is InChI=1S/C17H25N5O2/c1-4-22(5-2)14(15-7-6-10-24-15)11-20-17(23)13-21(3)16-12-18-8-9-19-16/h6-10,12,14H,4-5,11,13H2,1-3H3,(H,20,23)/t14-/m0/s1. The second-order valence-corrected chi connectivity index (χ2v) is 5.48. The predicted molar refractivity (Wildman–Crippen MR) is 92.7 cm³/mol. The first-order valence-electron chi connectivity index (χ1n) is 8.17. The number of aromatic nitrogens is 2. The van der Waals surface area contributed by atoms with E-state index in [0.717, 1.165) is 18.8 Å². The molecule has 0 aliphatic heterocycles. The third kappa shape index (κ3) is 4.79. The largest absolute Gasteiger partial charge is 0.468 e. The summed E-state index contributed by atoms with van der Waals surface area (Å²) in [5.41, 5.74) is 0. The van der Waals surface area contributed by atoms with E-state index in [2.05, 4.69) is 34.0 Å². The van der Waals surface area contributed by atoms with Gasteiger partial charge in [0, 0.05) is 26.0 Å². The van der Waals surface area contributed by atoms with Crippen molar-refractivity contribution in [1.29, 1.82) is 0 Å². The SMILES string of the molecule is CCN(CC)[C@@H](CNC(=O)CN(C)c1cnccn1)c1ccco1. The number of carbonyl (C=O) groups excluding carboxylic acids is 1. The van der Waals surface area contributed by atoms with Crippen LogP contribution in [0.4, 0.5) is 5.82 Å². The van der Waals surface area contributed by atoms with Gasteiger partial charge in [-0.2, -0.15) is 0 Å². The lowest BCUT2D eigenvalue weighted by Gasteiger charge is -2.28. The Morgan fingerprint density at radius 1 is 1.33 bits per heavy atom. The Kier molecular flexibility index (Phi) is 6.74. The molecule has 0 spiro atoms. The summed E-state index contributed by atoms with van der Waals surface area (Å²) in [4.78, 5) is 24.5. The first-order valence-corrected chi connectivity index (χ1v) is 8.17. The number of amides is 1. The van der Waals surface area contributed by atoms with E-state index < -0.39 is 0 Å². The molecule has 2 heterocycles. The number of hydrogen-bond acceptors (Lipinski definition) is 6. The molecule has 1 N–H and O–H groups in total. The van der Waals surface area contributed by atoms with Crippen molar-refractivity contribution in [3.63, 3.8) is 0 Å². The summed E-state index contributed by atoms with van der Waals surface area (Å²) in [7, 11) is 1.82. The fourth-order valence-corrected chi connectivity index (χ4v) is 2.61. The normalized spacial score (nSPS) is 12.2. The first-order chi connectivity index (χ1) is 11.7. The highest BCUT2D eigenvalue weighted by atomic mass is 16.3. The Morgan fingerprint density at radius 3 is 2.71 bits per heavy atom. The van der Waals surface area contributed by atoms with Gasteiger partial charge >= 0.3 is 0 Å². The average molecular weight is 331 g/mol. The minimum Gasteiger partial charge on any atom is -0.468 e. The predicted octanol–water partition coefficient (Wildman–Crippen LogP) is 1.71. The summed E-state index contributed by atoms with van der Waals surface area (Å²) in [5.74, 6) is 1.46. The highest BCUT2D eigenvalue weighted by Crippen LogP contribution is 2.20. The summed E-state index contributed by atoms with van der Waals surface area (Å²) in [6.07, 6.45) is 6.51. The molecule has 2 aromatic rings. The van der Waals surface area contributed by atoms with Crippen molar-refractivity contribution in [3.8, 4) is 0 Å². The molecule has 1 atom stereocenters. The van der Waals surface area contributed by atoms with E-state index in [1.165, 1.54) is 0 Å². The van der Waals surface area contributed by atoms with Crippen LogP contribution in [0.1, 0.15) is 25.6 Å². The van der Waals surface area contributed by atoms with Gasteiger partial charge in [0.2, 0.25) is 5.91 Å². The van der Waals surface area contributed by atoms with Crippen molar-refractivity contribution in [1.82, 2.24) is 20.2 Å². The molecule has 0 aliphatic rings. The first kappa shape index (κ1) is 17.9. The van der Waals surface area contributed by atoms with Crippen molar-refractivity contribution in [2.45, 2.75) is 19.9 Å². The van der Waals surface area contributed by atoms with Crippen molar-refractivity contribution in [2.24, 2.45) is 0 Å². The van der Waals surface area contributed by atoms with Crippen LogP contribution in [0, 0.1) is 0 Å². The molecule has 130 valence electrons. The maximum Gasteiger partial charge on any atom is 0.239 e. The van der Waals surface area contributed by atoms with Crippen LogP contribution in [0.15, 0.2) is 41.4 Å². The maximum atomic E-state index is 12.2. The zero-order valence-corrected chi connectivity index (χ0v) is 14.5. The third-order valence-corrected chi connectivity index (χ3v) is 3.94. The molecular formula is C17H25N5O2. The summed E-state index contributed by atoms with van der Waals surface area (Å²) < 4.78 is 5.54. The van der Waals surface area contributed by atoms with Gasteiger partial charge in [0.1, 0.15) is 11.6 Å². The highest BCUT2D eigenvalue weighted by Gasteiger charge is 2.21. The summed E-state index contributed by atoms with van der Waals surface area (Å²) >= 11 is 0. The monoisotopic (exact) mass is 331 g/mol. The van der Waals surface area contributed by atoms with Gasteiger partial charge in [-0.3, -0.25) is 14.7 Å². The Hall–Kier alpha value is -2.41. The van der Waals surface area contributed by atoms with Crippen molar-refractivity contribution >= 4 is 11.7 Å². The number of hydrogen-bond donors (Lipinski definition) is 1. The van der Waals surface area contributed by atoms with Gasteiger partial charge in [-0.15, -0.1) is 0 Å². The number of nitrogens with one attached hydrogen (secondary N) is 1. The molecule has 0 aliphatic carbocycles. The molecule has 2 aromatic heterocycles. The number of carbonyl (C=O) groups is 1. The van der Waals surface area contributed by atoms with Crippen molar-refractivity contribution < 1.29 is 9.21 Å². The Balaban J connectivity index is 1.92. The molecule has 0 radical (unpaired) electrons. The van der Waals surface area contributed by atoms with Gasteiger partial charge in [0.25, 0.3) is 0 Å².